The van der Waals surface area contributed by atoms with Gasteiger partial charge in [0.2, 0.25) is 17.1 Å². The fraction of sp³-hybridized carbons (Fsp3) is 0.263. The summed E-state index contributed by atoms with van der Waals surface area (Å²) in [4.78, 5) is 25.0. The zero-order valence-corrected chi connectivity index (χ0v) is 14.9. The molecule has 3 N–H and O–H groups in total. The monoisotopic (exact) mass is 391 g/mol. The predicted octanol–water partition coefficient (Wildman–Crippen LogP) is 1.16. The number of aliphatic hydroxyl groups excluding tert-OH is 1. The molecule has 1 aromatic carbocycles. The molecule has 0 amide bonds. The van der Waals surface area contributed by atoms with Gasteiger partial charge in [-0.25, -0.2) is 9.18 Å². The van der Waals surface area contributed by atoms with Crippen LogP contribution in [-0.4, -0.2) is 31.4 Å². The van der Waals surface area contributed by atoms with Crippen LogP contribution < -0.4 is 15.9 Å². The van der Waals surface area contributed by atoms with Crippen LogP contribution in [0.25, 0.3) is 0 Å². The lowest BCUT2D eigenvalue weighted by molar-refractivity contribution is -0.140. The molecule has 0 spiro atoms. The van der Waals surface area contributed by atoms with E-state index in [2.05, 4.69) is 0 Å². The van der Waals surface area contributed by atoms with E-state index in [1.54, 1.807) is 6.07 Å². The highest BCUT2D eigenvalue weighted by Crippen LogP contribution is 2.41. The molecule has 0 radical (unpaired) electrons. The first-order valence-electron chi connectivity index (χ1n) is 8.33. The molecule has 1 atom stereocenters. The van der Waals surface area contributed by atoms with Crippen LogP contribution in [0.3, 0.4) is 0 Å². The molecular formula is C19H18FNO7. The quantitative estimate of drug-likeness (QED) is 0.556. The molecule has 148 valence electrons. The summed E-state index contributed by atoms with van der Waals surface area (Å²) in [5.41, 5.74) is 5.46. The summed E-state index contributed by atoms with van der Waals surface area (Å²) in [5, 5.41) is 9.36. The Kier molecular flexibility index (Phi) is 5.76. The van der Waals surface area contributed by atoms with Crippen molar-refractivity contribution in [2.24, 2.45) is 5.73 Å². The van der Waals surface area contributed by atoms with E-state index < -0.39 is 29.7 Å². The van der Waals surface area contributed by atoms with Crippen molar-refractivity contribution in [3.63, 3.8) is 0 Å². The minimum absolute atomic E-state index is 0.0404. The Hall–Kier alpha value is -3.17. The van der Waals surface area contributed by atoms with Crippen molar-refractivity contribution in [1.29, 1.82) is 0 Å². The molecule has 2 aromatic rings. The SMILES string of the molecule is COCCOC(=O)C1=C(N)Oc2c(oc(CO)cc2=O)[C@@H]1c1cccc(F)c1. The molecular weight excluding hydrogens is 373 g/mol. The Labute approximate surface area is 158 Å². The maximum Gasteiger partial charge on any atom is 0.340 e. The maximum absolute atomic E-state index is 13.9. The van der Waals surface area contributed by atoms with Gasteiger partial charge in [-0.15, -0.1) is 0 Å². The number of benzene rings is 1. The second-order valence-electron chi connectivity index (χ2n) is 5.93. The van der Waals surface area contributed by atoms with E-state index in [4.69, 9.17) is 24.4 Å². The molecule has 1 aromatic heterocycles. The third-order valence-corrected chi connectivity index (χ3v) is 4.09. The van der Waals surface area contributed by atoms with E-state index in [9.17, 15) is 19.1 Å². The lowest BCUT2D eigenvalue weighted by Crippen LogP contribution is -2.30. The summed E-state index contributed by atoms with van der Waals surface area (Å²) in [6.45, 7) is -0.439. The van der Waals surface area contributed by atoms with Crippen LogP contribution in [0.15, 0.2) is 51.0 Å². The number of hydrogen-bond acceptors (Lipinski definition) is 8. The Morgan fingerprint density at radius 1 is 1.32 bits per heavy atom. The normalized spacial score (nSPS) is 15.8. The summed E-state index contributed by atoms with van der Waals surface area (Å²) in [6, 6.07) is 6.45. The molecule has 1 aliphatic rings. The lowest BCUT2D eigenvalue weighted by atomic mass is 9.86. The van der Waals surface area contributed by atoms with Crippen molar-refractivity contribution >= 4 is 5.97 Å². The van der Waals surface area contributed by atoms with E-state index in [0.717, 1.165) is 6.07 Å². The number of rotatable bonds is 6. The van der Waals surface area contributed by atoms with Crippen molar-refractivity contribution < 1.29 is 32.9 Å². The number of ether oxygens (including phenoxy) is 3. The minimum atomic E-state index is -1.06. The third kappa shape index (κ3) is 3.75. The third-order valence-electron chi connectivity index (χ3n) is 4.09. The predicted molar refractivity (Wildman–Crippen MR) is 93.8 cm³/mol. The highest BCUT2D eigenvalue weighted by atomic mass is 19.1. The minimum Gasteiger partial charge on any atom is -0.460 e. The first-order chi connectivity index (χ1) is 13.5. The number of aliphatic hydroxyl groups is 1. The van der Waals surface area contributed by atoms with Crippen LogP contribution in [0.5, 0.6) is 5.75 Å². The summed E-state index contributed by atoms with van der Waals surface area (Å²) in [5.74, 6) is -3.15. The molecule has 1 aliphatic heterocycles. The molecule has 0 unspecified atom stereocenters. The Balaban J connectivity index is 2.17. The number of carbonyl (C=O) groups excluding carboxylic acids is 1. The molecule has 0 bridgehead atoms. The molecule has 0 saturated heterocycles. The fourth-order valence-electron chi connectivity index (χ4n) is 2.88. The van der Waals surface area contributed by atoms with Gasteiger partial charge in [-0.05, 0) is 17.7 Å². The molecule has 8 nitrogen and oxygen atoms in total. The number of fused-ring (bicyclic) bond motifs is 1. The number of methoxy groups -OCH3 is 1. The van der Waals surface area contributed by atoms with Crippen LogP contribution in [0.4, 0.5) is 4.39 Å². The van der Waals surface area contributed by atoms with E-state index in [-0.39, 0.29) is 41.9 Å². The first kappa shape index (κ1) is 19.6. The van der Waals surface area contributed by atoms with E-state index >= 15 is 0 Å². The largest absolute Gasteiger partial charge is 0.460 e. The number of halogens is 1. The van der Waals surface area contributed by atoms with E-state index in [0.29, 0.717) is 5.56 Å². The van der Waals surface area contributed by atoms with Crippen molar-refractivity contribution in [3.05, 3.63) is 74.9 Å². The fourth-order valence-corrected chi connectivity index (χ4v) is 2.88. The van der Waals surface area contributed by atoms with E-state index in [1.807, 2.05) is 0 Å². The van der Waals surface area contributed by atoms with Gasteiger partial charge < -0.3 is 29.5 Å². The van der Waals surface area contributed by atoms with Crippen LogP contribution in [0, 0.1) is 5.82 Å². The van der Waals surface area contributed by atoms with Gasteiger partial charge in [0.1, 0.15) is 30.4 Å². The Bertz CT molecular complexity index is 982. The summed E-state index contributed by atoms with van der Waals surface area (Å²) in [6.07, 6.45) is 0. The molecule has 2 heterocycles. The average molecular weight is 391 g/mol. The van der Waals surface area contributed by atoms with Crippen LogP contribution in [-0.2, 0) is 20.9 Å². The van der Waals surface area contributed by atoms with Gasteiger partial charge in [0.15, 0.2) is 5.76 Å². The van der Waals surface area contributed by atoms with Crippen molar-refractivity contribution in [3.8, 4) is 5.75 Å². The summed E-state index contributed by atoms with van der Waals surface area (Å²) >= 11 is 0. The highest BCUT2D eigenvalue weighted by Gasteiger charge is 2.39. The highest BCUT2D eigenvalue weighted by molar-refractivity contribution is 5.92. The number of carbonyl (C=O) groups is 1. The van der Waals surface area contributed by atoms with Crippen LogP contribution in [0.1, 0.15) is 23.0 Å². The van der Waals surface area contributed by atoms with Gasteiger partial charge >= 0.3 is 5.97 Å². The van der Waals surface area contributed by atoms with Gasteiger partial charge in [-0.3, -0.25) is 4.79 Å². The van der Waals surface area contributed by atoms with Gasteiger partial charge in [0.05, 0.1) is 12.5 Å². The second kappa shape index (κ2) is 8.24. The molecule has 0 saturated carbocycles. The number of esters is 1. The molecule has 9 heteroatoms. The smallest absolute Gasteiger partial charge is 0.340 e. The molecule has 0 fully saturated rings. The number of hydrogen-bond donors (Lipinski definition) is 2. The Morgan fingerprint density at radius 3 is 2.79 bits per heavy atom. The zero-order chi connectivity index (χ0) is 20.3. The van der Waals surface area contributed by atoms with Gasteiger partial charge in [-0.2, -0.15) is 0 Å². The number of nitrogens with two attached hydrogens (primary N) is 1. The zero-order valence-electron chi connectivity index (χ0n) is 14.9. The summed E-state index contributed by atoms with van der Waals surface area (Å²) in [7, 11) is 1.45. The van der Waals surface area contributed by atoms with Crippen molar-refractivity contribution in [2.45, 2.75) is 12.5 Å². The van der Waals surface area contributed by atoms with Crippen molar-refractivity contribution in [2.75, 3.05) is 20.3 Å². The molecule has 3 rings (SSSR count). The van der Waals surface area contributed by atoms with Crippen LogP contribution in [0.2, 0.25) is 0 Å². The van der Waals surface area contributed by atoms with Gasteiger partial charge in [-0.1, -0.05) is 12.1 Å². The molecule has 28 heavy (non-hydrogen) atoms. The maximum atomic E-state index is 13.9. The Morgan fingerprint density at radius 2 is 2.11 bits per heavy atom. The standard InChI is InChI=1S/C19H18FNO7/c1-25-5-6-26-19(24)15-14(10-3-2-4-11(20)7-10)17-16(28-18(15)21)13(23)8-12(9-22)27-17/h2-4,7-8,14,22H,5-6,9,21H2,1H3/t14-/m1/s1. The topological polar surface area (TPSA) is 121 Å². The van der Waals surface area contributed by atoms with Crippen LogP contribution >= 0.6 is 0 Å². The van der Waals surface area contributed by atoms with E-state index in [1.165, 1.54) is 25.3 Å². The first-order valence-corrected chi connectivity index (χ1v) is 8.33. The van der Waals surface area contributed by atoms with Gasteiger partial charge in [0.25, 0.3) is 0 Å². The molecule has 0 aliphatic carbocycles. The van der Waals surface area contributed by atoms with Crippen molar-refractivity contribution in [1.82, 2.24) is 0 Å². The average Bonchev–Trinajstić information content (AvgIpc) is 2.67. The summed E-state index contributed by atoms with van der Waals surface area (Å²) < 4.78 is 34.7. The van der Waals surface area contributed by atoms with Gasteiger partial charge in [0, 0.05) is 13.2 Å². The lowest BCUT2D eigenvalue weighted by Gasteiger charge is -2.27. The second-order valence-corrected chi connectivity index (χ2v) is 5.93.